The molecule has 116 valence electrons. The first kappa shape index (κ1) is 14.9. The van der Waals surface area contributed by atoms with E-state index in [9.17, 15) is 0 Å². The molecular formula is C23H20Si. The molecule has 0 amide bonds. The molecule has 0 atom stereocenters. The van der Waals surface area contributed by atoms with E-state index in [1.165, 1.54) is 31.6 Å². The first-order valence-corrected chi connectivity index (χ1v) is 9.95. The zero-order chi connectivity index (χ0) is 16.4. The predicted molar refractivity (Wildman–Crippen MR) is 107 cm³/mol. The Labute approximate surface area is 144 Å². The number of rotatable bonds is 3. The molecule has 0 saturated heterocycles. The Morgan fingerprint density at radius 2 is 1.25 bits per heavy atom. The van der Waals surface area contributed by atoms with Gasteiger partial charge in [-0.3, -0.25) is 0 Å². The summed E-state index contributed by atoms with van der Waals surface area (Å²) in [5.41, 5.74) is 1.72. The lowest BCUT2D eigenvalue weighted by molar-refractivity contribution is 1.41. The maximum atomic E-state index is 3.84. The van der Waals surface area contributed by atoms with E-state index in [0.29, 0.717) is 5.54 Å². The van der Waals surface area contributed by atoms with Crippen LogP contribution in [0.15, 0.2) is 79.4 Å². The van der Waals surface area contributed by atoms with Crippen LogP contribution in [0, 0.1) is 10.4 Å². The second-order valence-corrected chi connectivity index (χ2v) is 8.49. The molecule has 1 heteroatoms. The van der Waals surface area contributed by atoms with Crippen molar-refractivity contribution in [2.45, 2.75) is 5.54 Å². The summed E-state index contributed by atoms with van der Waals surface area (Å²) in [5, 5.41) is 6.92. The van der Waals surface area contributed by atoms with Gasteiger partial charge in [0, 0.05) is 0 Å². The lowest BCUT2D eigenvalue weighted by Gasteiger charge is -2.07. The zero-order valence-electron chi connectivity index (χ0n) is 13.7. The van der Waals surface area contributed by atoms with E-state index in [0.717, 1.165) is 0 Å². The second kappa shape index (κ2) is 6.46. The van der Waals surface area contributed by atoms with Gasteiger partial charge in [-0.15, -0.1) is 0 Å². The zero-order valence-corrected chi connectivity index (χ0v) is 15.1. The summed E-state index contributed by atoms with van der Waals surface area (Å²) >= 11 is 0. The average Bonchev–Trinajstić information content (AvgIpc) is 2.78. The molecule has 24 heavy (non-hydrogen) atoms. The molecule has 0 spiro atoms. The average molecular weight is 324 g/mol. The minimum absolute atomic E-state index is 0.427. The maximum absolute atomic E-state index is 3.84. The van der Waals surface area contributed by atoms with Gasteiger partial charge in [0.25, 0.3) is 0 Å². The molecule has 0 unspecified atom stereocenters. The summed E-state index contributed by atoms with van der Waals surface area (Å²) in [6.45, 7) is 3.84. The van der Waals surface area contributed by atoms with E-state index in [1.54, 1.807) is 0 Å². The predicted octanol–water partition coefficient (Wildman–Crippen LogP) is 2.47. The molecule has 0 fully saturated rings. The molecule has 0 aliphatic heterocycles. The Bertz CT molecular complexity index is 1030. The molecule has 0 bridgehead atoms. The molecule has 0 N–H and O–H groups in total. The van der Waals surface area contributed by atoms with Crippen molar-refractivity contribution >= 4 is 32.9 Å². The third kappa shape index (κ3) is 2.91. The molecule has 0 aromatic heterocycles. The van der Waals surface area contributed by atoms with Crippen LogP contribution in [-0.2, 0) is 0 Å². The van der Waals surface area contributed by atoms with Gasteiger partial charge < -0.3 is 0 Å². The monoisotopic (exact) mass is 324 g/mol. The Morgan fingerprint density at radius 1 is 0.708 bits per heavy atom. The van der Waals surface area contributed by atoms with Gasteiger partial charge in [0.1, 0.15) is 0 Å². The van der Waals surface area contributed by atoms with E-state index in [-0.39, 0.29) is 0 Å². The van der Waals surface area contributed by atoms with Crippen LogP contribution in [-0.4, -0.2) is 9.52 Å². The molecule has 0 heterocycles. The number of hydrogen-bond donors (Lipinski definition) is 0. The Hall–Kier alpha value is -2.64. The first-order valence-electron chi connectivity index (χ1n) is 8.43. The molecule has 1 aliphatic rings. The number of benzene rings is 3. The summed E-state index contributed by atoms with van der Waals surface area (Å²) in [6, 6.07) is 26.4. The maximum Gasteiger partial charge on any atom is 0.0664 e. The Balaban J connectivity index is 1.85. The van der Waals surface area contributed by atoms with Crippen molar-refractivity contribution in [2.75, 3.05) is 0 Å². The first-order chi connectivity index (χ1) is 11.8. The van der Waals surface area contributed by atoms with Crippen molar-refractivity contribution in [3.8, 4) is 0 Å². The highest BCUT2D eigenvalue weighted by Crippen LogP contribution is 2.10. The van der Waals surface area contributed by atoms with Gasteiger partial charge in [-0.2, -0.15) is 0 Å². The summed E-state index contributed by atoms with van der Waals surface area (Å²) in [6.07, 6.45) is 6.83. The summed E-state index contributed by atoms with van der Waals surface area (Å²) in [7, 11) is -0.427. The van der Waals surface area contributed by atoms with Crippen molar-refractivity contribution in [1.29, 1.82) is 0 Å². The number of hydrogen-bond acceptors (Lipinski definition) is 0. The van der Waals surface area contributed by atoms with Gasteiger partial charge >= 0.3 is 0 Å². The standard InChI is InChI=1S/C23H20Si/c1-2-17-11-13-20(14-12-17)24-21-15-18-7-3-5-9-22(18)23-10-6-4-8-19(23)16-21/h2-16,21H,1,24H2. The van der Waals surface area contributed by atoms with Crippen molar-refractivity contribution in [3.05, 3.63) is 106 Å². The highest BCUT2D eigenvalue weighted by atomic mass is 28.2. The lowest BCUT2D eigenvalue weighted by Crippen LogP contribution is -2.19. The van der Waals surface area contributed by atoms with Crippen LogP contribution in [0.25, 0.3) is 18.2 Å². The van der Waals surface area contributed by atoms with Crippen LogP contribution in [0.1, 0.15) is 5.56 Å². The molecular weight excluding hydrogens is 304 g/mol. The lowest BCUT2D eigenvalue weighted by atomic mass is 10.1. The highest BCUT2D eigenvalue weighted by Gasteiger charge is 2.07. The minimum Gasteiger partial charge on any atom is -0.0985 e. The third-order valence-corrected chi connectivity index (χ3v) is 6.57. The fourth-order valence-corrected chi connectivity index (χ4v) is 5.26. The quantitative estimate of drug-likeness (QED) is 0.649. The second-order valence-electron chi connectivity index (χ2n) is 6.32. The smallest absolute Gasteiger partial charge is 0.0664 e. The van der Waals surface area contributed by atoms with Gasteiger partial charge in [-0.05, 0) is 32.0 Å². The van der Waals surface area contributed by atoms with Gasteiger partial charge in [-0.1, -0.05) is 103 Å². The fraction of sp³-hybridized carbons (Fsp3) is 0.0435. The van der Waals surface area contributed by atoms with E-state index in [1.807, 2.05) is 6.08 Å². The van der Waals surface area contributed by atoms with Crippen LogP contribution < -0.4 is 15.6 Å². The minimum atomic E-state index is -0.427. The van der Waals surface area contributed by atoms with Crippen molar-refractivity contribution in [3.63, 3.8) is 0 Å². The number of fused-ring (bicyclic) bond motifs is 2. The Kier molecular flexibility index (Phi) is 4.02. The summed E-state index contributed by atoms with van der Waals surface area (Å²) in [4.78, 5) is 0. The topological polar surface area (TPSA) is 0 Å². The van der Waals surface area contributed by atoms with Gasteiger partial charge in [-0.25, -0.2) is 0 Å². The molecule has 1 aliphatic carbocycles. The van der Waals surface area contributed by atoms with Crippen LogP contribution in [0.3, 0.4) is 0 Å². The van der Waals surface area contributed by atoms with Crippen molar-refractivity contribution in [2.24, 2.45) is 0 Å². The summed E-state index contributed by atoms with van der Waals surface area (Å²) < 4.78 is 0. The van der Waals surface area contributed by atoms with Gasteiger partial charge in [0.05, 0.1) is 9.52 Å². The van der Waals surface area contributed by atoms with Crippen LogP contribution in [0.4, 0.5) is 0 Å². The van der Waals surface area contributed by atoms with Gasteiger partial charge in [0.15, 0.2) is 0 Å². The van der Waals surface area contributed by atoms with E-state index < -0.39 is 9.52 Å². The molecule has 0 saturated carbocycles. The summed E-state index contributed by atoms with van der Waals surface area (Å²) in [5.74, 6) is 0. The van der Waals surface area contributed by atoms with Gasteiger partial charge in [0.2, 0.25) is 0 Å². The van der Waals surface area contributed by atoms with Crippen molar-refractivity contribution in [1.82, 2.24) is 0 Å². The normalized spacial score (nSPS) is 13.5. The molecule has 0 nitrogen and oxygen atoms in total. The van der Waals surface area contributed by atoms with E-state index in [4.69, 9.17) is 0 Å². The van der Waals surface area contributed by atoms with Crippen LogP contribution >= 0.6 is 0 Å². The Morgan fingerprint density at radius 3 is 1.79 bits per heavy atom. The largest absolute Gasteiger partial charge is 0.0985 e. The highest BCUT2D eigenvalue weighted by molar-refractivity contribution is 6.58. The molecule has 3 aromatic carbocycles. The fourth-order valence-electron chi connectivity index (χ4n) is 3.46. The molecule has 3 aromatic rings. The third-order valence-electron chi connectivity index (χ3n) is 4.69. The van der Waals surface area contributed by atoms with E-state index in [2.05, 4.69) is 91.5 Å². The van der Waals surface area contributed by atoms with Crippen LogP contribution in [0.2, 0.25) is 5.54 Å². The van der Waals surface area contributed by atoms with Crippen molar-refractivity contribution < 1.29 is 0 Å². The molecule has 4 rings (SSSR count). The molecule has 0 radical (unpaired) electrons. The van der Waals surface area contributed by atoms with Crippen LogP contribution in [0.5, 0.6) is 0 Å². The van der Waals surface area contributed by atoms with E-state index >= 15 is 0 Å². The SMILES string of the molecule is C=Cc1ccc([SiH2]C2C=c3ccccc3=c3ccccc3=C2)cc1.